The summed E-state index contributed by atoms with van der Waals surface area (Å²) in [4.78, 5) is 18.2. The maximum Gasteiger partial charge on any atom is 0.226 e. The van der Waals surface area contributed by atoms with Crippen molar-refractivity contribution < 1.29 is 9.53 Å². The molecule has 1 amide bonds. The molecule has 0 unspecified atom stereocenters. The van der Waals surface area contributed by atoms with Gasteiger partial charge in [0.15, 0.2) is 5.13 Å². The summed E-state index contributed by atoms with van der Waals surface area (Å²) in [6.45, 7) is 6.95. The fourth-order valence-corrected chi connectivity index (χ4v) is 4.24. The van der Waals surface area contributed by atoms with Crippen LogP contribution in [0.4, 0.5) is 5.13 Å². The Morgan fingerprint density at radius 1 is 1.13 bits per heavy atom. The topological polar surface area (TPSA) is 51.2 Å². The third-order valence-electron chi connectivity index (χ3n) is 4.75. The number of halogens is 1. The molecule has 0 saturated heterocycles. The van der Waals surface area contributed by atoms with Gasteiger partial charge in [0.1, 0.15) is 5.75 Å². The summed E-state index contributed by atoms with van der Waals surface area (Å²) in [6, 6.07) is 16.2. The number of anilines is 1. The number of hydrogen-bond donors (Lipinski definition) is 1. The molecule has 2 aromatic carbocycles. The molecule has 1 aromatic heterocycles. The van der Waals surface area contributed by atoms with E-state index in [1.807, 2.05) is 36.4 Å². The Kier molecular flexibility index (Phi) is 8.05. The fraction of sp³-hybridized carbons (Fsp3) is 0.333. The second-order valence-corrected chi connectivity index (χ2v) is 9.37. The minimum absolute atomic E-state index is 0.0347. The number of aromatic nitrogens is 1. The maximum atomic E-state index is 12.3. The number of thiazole rings is 1. The van der Waals surface area contributed by atoms with Gasteiger partial charge in [-0.15, -0.1) is 11.3 Å². The molecule has 6 heteroatoms. The summed E-state index contributed by atoms with van der Waals surface area (Å²) in [7, 11) is 0. The van der Waals surface area contributed by atoms with Crippen LogP contribution < -0.4 is 10.1 Å². The monoisotopic (exact) mass is 486 g/mol. The Hall–Kier alpha value is -2.18. The van der Waals surface area contributed by atoms with Gasteiger partial charge in [-0.1, -0.05) is 61.0 Å². The third-order valence-corrected chi connectivity index (χ3v) is 6.39. The first kappa shape index (κ1) is 22.5. The number of carbonyl (C=O) groups is 1. The van der Waals surface area contributed by atoms with E-state index >= 15 is 0 Å². The molecule has 0 aliphatic carbocycles. The van der Waals surface area contributed by atoms with Crippen LogP contribution in [0.1, 0.15) is 50.0 Å². The number of ether oxygens (including phenoxy) is 1. The Balaban J connectivity index is 1.49. The van der Waals surface area contributed by atoms with E-state index < -0.39 is 0 Å². The van der Waals surface area contributed by atoms with Gasteiger partial charge in [-0.25, -0.2) is 4.98 Å². The van der Waals surface area contributed by atoms with Crippen LogP contribution in [0.2, 0.25) is 0 Å². The number of hydrogen-bond acceptors (Lipinski definition) is 4. The predicted octanol–water partition coefficient (Wildman–Crippen LogP) is 7.06. The normalized spacial score (nSPS) is 11.0. The summed E-state index contributed by atoms with van der Waals surface area (Å²) in [5.41, 5.74) is 3.29. The van der Waals surface area contributed by atoms with Crippen molar-refractivity contribution in [1.29, 1.82) is 0 Å². The summed E-state index contributed by atoms with van der Waals surface area (Å²) in [5.74, 6) is 1.31. The van der Waals surface area contributed by atoms with Gasteiger partial charge in [-0.3, -0.25) is 4.79 Å². The average Bonchev–Trinajstić information content (AvgIpc) is 3.14. The van der Waals surface area contributed by atoms with Crippen molar-refractivity contribution in [1.82, 2.24) is 4.98 Å². The highest BCUT2D eigenvalue weighted by Crippen LogP contribution is 2.32. The van der Waals surface area contributed by atoms with Crippen molar-refractivity contribution in [3.8, 4) is 17.0 Å². The van der Waals surface area contributed by atoms with Crippen molar-refractivity contribution in [3.63, 3.8) is 0 Å². The Morgan fingerprint density at radius 3 is 2.47 bits per heavy atom. The highest BCUT2D eigenvalue weighted by Gasteiger charge is 2.14. The Bertz CT molecular complexity index is 966. The van der Waals surface area contributed by atoms with E-state index in [-0.39, 0.29) is 5.91 Å². The smallest absolute Gasteiger partial charge is 0.226 e. The van der Waals surface area contributed by atoms with Crippen LogP contribution in [0.15, 0.2) is 53.0 Å². The molecule has 0 saturated carbocycles. The first-order valence-corrected chi connectivity index (χ1v) is 11.9. The first-order valence-electron chi connectivity index (χ1n) is 10.2. The lowest BCUT2D eigenvalue weighted by atomic mass is 10.0. The van der Waals surface area contributed by atoms with Crippen molar-refractivity contribution in [2.45, 2.75) is 46.0 Å². The number of rotatable bonds is 9. The van der Waals surface area contributed by atoms with Crippen molar-refractivity contribution >= 4 is 38.3 Å². The lowest BCUT2D eigenvalue weighted by molar-refractivity contribution is -0.116. The van der Waals surface area contributed by atoms with Gasteiger partial charge in [0, 0.05) is 21.3 Å². The maximum absolute atomic E-state index is 12.3. The van der Waals surface area contributed by atoms with Crippen LogP contribution >= 0.6 is 27.3 Å². The van der Waals surface area contributed by atoms with Gasteiger partial charge in [0.2, 0.25) is 5.91 Å². The standard InChI is InChI=1S/C24H27BrN2O2S/c1-4-21-23(18-7-11-19(25)12-8-18)27-24(30-21)26-22(28)6-5-15-29-20-13-9-17(10-14-20)16(2)3/h7-14,16H,4-6,15H2,1-3H3,(H,26,27,28). The molecule has 0 radical (unpaired) electrons. The largest absolute Gasteiger partial charge is 0.494 e. The fourth-order valence-electron chi connectivity index (χ4n) is 3.03. The molecule has 0 fully saturated rings. The summed E-state index contributed by atoms with van der Waals surface area (Å²) in [5, 5.41) is 3.59. The van der Waals surface area contributed by atoms with Crippen LogP contribution in [-0.2, 0) is 11.2 Å². The second-order valence-electron chi connectivity index (χ2n) is 7.38. The van der Waals surface area contributed by atoms with E-state index in [2.05, 4.69) is 59.1 Å². The molecular formula is C24H27BrN2O2S. The number of nitrogens with one attached hydrogen (secondary N) is 1. The molecule has 3 rings (SSSR count). The Morgan fingerprint density at radius 2 is 1.83 bits per heavy atom. The van der Waals surface area contributed by atoms with E-state index in [1.165, 1.54) is 10.4 Å². The van der Waals surface area contributed by atoms with Gasteiger partial charge >= 0.3 is 0 Å². The average molecular weight is 487 g/mol. The molecule has 158 valence electrons. The number of aryl methyl sites for hydroxylation is 1. The molecule has 1 heterocycles. The molecule has 4 nitrogen and oxygen atoms in total. The zero-order valence-corrected chi connectivity index (χ0v) is 20.0. The molecular weight excluding hydrogens is 460 g/mol. The van der Waals surface area contributed by atoms with Gasteiger partial charge in [0.05, 0.1) is 12.3 Å². The minimum Gasteiger partial charge on any atom is -0.494 e. The van der Waals surface area contributed by atoms with Gasteiger partial charge in [-0.05, 0) is 48.6 Å². The van der Waals surface area contributed by atoms with Crippen molar-refractivity contribution in [2.24, 2.45) is 0 Å². The summed E-state index contributed by atoms with van der Waals surface area (Å²) >= 11 is 5.00. The number of carbonyl (C=O) groups excluding carboxylic acids is 1. The zero-order valence-electron chi connectivity index (χ0n) is 17.6. The minimum atomic E-state index is -0.0347. The van der Waals surface area contributed by atoms with E-state index in [9.17, 15) is 4.79 Å². The number of benzene rings is 2. The lowest BCUT2D eigenvalue weighted by Gasteiger charge is -2.08. The SMILES string of the molecule is CCc1sc(NC(=O)CCCOc2ccc(C(C)C)cc2)nc1-c1ccc(Br)cc1. The van der Waals surface area contributed by atoms with Crippen LogP contribution in [0, 0.1) is 0 Å². The lowest BCUT2D eigenvalue weighted by Crippen LogP contribution is -2.12. The molecule has 0 aliphatic rings. The molecule has 30 heavy (non-hydrogen) atoms. The first-order chi connectivity index (χ1) is 14.5. The van der Waals surface area contributed by atoms with Crippen LogP contribution in [-0.4, -0.2) is 17.5 Å². The van der Waals surface area contributed by atoms with Crippen LogP contribution in [0.3, 0.4) is 0 Å². The van der Waals surface area contributed by atoms with E-state index in [0.717, 1.165) is 27.9 Å². The van der Waals surface area contributed by atoms with Crippen LogP contribution in [0.5, 0.6) is 5.75 Å². The van der Waals surface area contributed by atoms with E-state index in [4.69, 9.17) is 4.74 Å². The third kappa shape index (κ3) is 6.16. The summed E-state index contributed by atoms with van der Waals surface area (Å²) < 4.78 is 6.79. The summed E-state index contributed by atoms with van der Waals surface area (Å²) in [6.07, 6.45) is 1.93. The van der Waals surface area contributed by atoms with E-state index in [1.54, 1.807) is 11.3 Å². The number of nitrogens with zero attached hydrogens (tertiary/aromatic N) is 1. The highest BCUT2D eigenvalue weighted by atomic mass is 79.9. The van der Waals surface area contributed by atoms with Crippen LogP contribution in [0.25, 0.3) is 11.3 Å². The predicted molar refractivity (Wildman–Crippen MR) is 129 cm³/mol. The number of amides is 1. The van der Waals surface area contributed by atoms with E-state index in [0.29, 0.717) is 30.5 Å². The zero-order chi connectivity index (χ0) is 21.5. The molecule has 1 N–H and O–H groups in total. The van der Waals surface area contributed by atoms with Crippen molar-refractivity contribution in [3.05, 3.63) is 63.4 Å². The molecule has 0 spiro atoms. The van der Waals surface area contributed by atoms with Crippen molar-refractivity contribution in [2.75, 3.05) is 11.9 Å². The van der Waals surface area contributed by atoms with Gasteiger partial charge in [0.25, 0.3) is 0 Å². The Labute approximate surface area is 190 Å². The molecule has 3 aromatic rings. The second kappa shape index (κ2) is 10.7. The van der Waals surface area contributed by atoms with Gasteiger partial charge in [-0.2, -0.15) is 0 Å². The highest BCUT2D eigenvalue weighted by molar-refractivity contribution is 9.10. The molecule has 0 atom stereocenters. The molecule has 0 bridgehead atoms. The molecule has 0 aliphatic heterocycles. The quantitative estimate of drug-likeness (QED) is 0.329. The van der Waals surface area contributed by atoms with Gasteiger partial charge < -0.3 is 10.1 Å².